The molecule has 0 unspecified atom stereocenters. The van der Waals surface area contributed by atoms with Gasteiger partial charge < -0.3 is 5.11 Å². The number of nitrogens with zero attached hydrogens (tertiary/aromatic N) is 2. The highest BCUT2D eigenvalue weighted by atomic mass is 32.1. The summed E-state index contributed by atoms with van der Waals surface area (Å²) in [5.41, 5.74) is 1.09. The Morgan fingerprint density at radius 3 is 2.56 bits per heavy atom. The SMILES string of the molecule is CCC(CC)N(CCO)Cc1nc(C)cs1. The molecule has 4 heteroatoms. The molecule has 92 valence electrons. The summed E-state index contributed by atoms with van der Waals surface area (Å²) in [5, 5.41) is 12.3. The quantitative estimate of drug-likeness (QED) is 0.798. The highest BCUT2D eigenvalue weighted by Crippen LogP contribution is 2.16. The number of rotatable bonds is 7. The molecule has 3 nitrogen and oxygen atoms in total. The maximum atomic E-state index is 9.10. The van der Waals surface area contributed by atoms with Crippen LogP contribution in [0.15, 0.2) is 5.38 Å². The van der Waals surface area contributed by atoms with Crippen LogP contribution in [-0.4, -0.2) is 34.2 Å². The molecule has 16 heavy (non-hydrogen) atoms. The molecule has 0 atom stereocenters. The Kier molecular flexibility index (Phi) is 5.95. The fourth-order valence-corrected chi connectivity index (χ4v) is 2.77. The largest absolute Gasteiger partial charge is 0.395 e. The first kappa shape index (κ1) is 13.6. The molecule has 1 aromatic heterocycles. The molecule has 0 aliphatic rings. The smallest absolute Gasteiger partial charge is 0.107 e. The van der Waals surface area contributed by atoms with Crippen molar-refractivity contribution in [3.05, 3.63) is 16.1 Å². The molecule has 0 fully saturated rings. The van der Waals surface area contributed by atoms with E-state index in [1.165, 1.54) is 0 Å². The number of aliphatic hydroxyl groups excluding tert-OH is 1. The average molecular weight is 242 g/mol. The molecule has 0 aromatic carbocycles. The van der Waals surface area contributed by atoms with Crippen LogP contribution in [0.4, 0.5) is 0 Å². The lowest BCUT2D eigenvalue weighted by atomic mass is 10.1. The van der Waals surface area contributed by atoms with Gasteiger partial charge in [0.15, 0.2) is 0 Å². The van der Waals surface area contributed by atoms with Crippen LogP contribution in [0.3, 0.4) is 0 Å². The van der Waals surface area contributed by atoms with E-state index in [4.69, 9.17) is 5.11 Å². The number of thiazole rings is 1. The third-order valence-corrected chi connectivity index (χ3v) is 3.80. The maximum absolute atomic E-state index is 9.10. The van der Waals surface area contributed by atoms with Gasteiger partial charge in [-0.25, -0.2) is 4.98 Å². The summed E-state index contributed by atoms with van der Waals surface area (Å²) >= 11 is 1.71. The molecule has 1 aromatic rings. The van der Waals surface area contributed by atoms with Crippen molar-refractivity contribution in [1.29, 1.82) is 0 Å². The fraction of sp³-hybridized carbons (Fsp3) is 0.750. The molecule has 0 amide bonds. The molecule has 1 heterocycles. The minimum absolute atomic E-state index is 0.223. The number of hydrogen-bond acceptors (Lipinski definition) is 4. The zero-order valence-corrected chi connectivity index (χ0v) is 11.3. The third kappa shape index (κ3) is 3.85. The van der Waals surface area contributed by atoms with Crippen LogP contribution >= 0.6 is 11.3 Å². The summed E-state index contributed by atoms with van der Waals surface area (Å²) in [6.45, 7) is 8.25. The van der Waals surface area contributed by atoms with Crippen molar-refractivity contribution in [2.75, 3.05) is 13.2 Å². The fourth-order valence-electron chi connectivity index (χ4n) is 1.97. The van der Waals surface area contributed by atoms with E-state index in [2.05, 4.69) is 29.1 Å². The molecule has 1 N–H and O–H groups in total. The number of hydrogen-bond donors (Lipinski definition) is 1. The average Bonchev–Trinajstić information content (AvgIpc) is 2.66. The first-order chi connectivity index (χ1) is 7.71. The second-order valence-electron chi connectivity index (χ2n) is 4.05. The van der Waals surface area contributed by atoms with Gasteiger partial charge >= 0.3 is 0 Å². The van der Waals surface area contributed by atoms with E-state index in [1.807, 2.05) is 6.92 Å². The van der Waals surface area contributed by atoms with Crippen molar-refractivity contribution in [1.82, 2.24) is 9.88 Å². The molecule has 0 saturated carbocycles. The Balaban J connectivity index is 2.63. The summed E-state index contributed by atoms with van der Waals surface area (Å²) in [4.78, 5) is 6.81. The Hall–Kier alpha value is -0.450. The van der Waals surface area contributed by atoms with E-state index in [0.717, 1.165) is 36.6 Å². The van der Waals surface area contributed by atoms with Crippen molar-refractivity contribution < 1.29 is 5.11 Å². The van der Waals surface area contributed by atoms with Crippen LogP contribution in [0.2, 0.25) is 0 Å². The first-order valence-electron chi connectivity index (χ1n) is 5.97. The van der Waals surface area contributed by atoms with Crippen LogP contribution in [0.25, 0.3) is 0 Å². The van der Waals surface area contributed by atoms with E-state index in [0.29, 0.717) is 6.04 Å². The number of aliphatic hydroxyl groups is 1. The molecular weight excluding hydrogens is 220 g/mol. The van der Waals surface area contributed by atoms with Gasteiger partial charge in [0, 0.05) is 23.7 Å². The molecule has 0 aliphatic heterocycles. The molecular formula is C12H22N2OS. The minimum Gasteiger partial charge on any atom is -0.395 e. The third-order valence-electron chi connectivity index (χ3n) is 2.85. The van der Waals surface area contributed by atoms with Gasteiger partial charge in [-0.15, -0.1) is 11.3 Å². The normalized spacial score (nSPS) is 11.6. The van der Waals surface area contributed by atoms with Gasteiger partial charge in [-0.2, -0.15) is 0 Å². The second-order valence-corrected chi connectivity index (χ2v) is 4.99. The molecule has 0 saturated heterocycles. The van der Waals surface area contributed by atoms with Gasteiger partial charge in [0.2, 0.25) is 0 Å². The summed E-state index contributed by atoms with van der Waals surface area (Å²) in [6, 6.07) is 0.552. The molecule has 1 rings (SSSR count). The van der Waals surface area contributed by atoms with Gasteiger partial charge in [0.1, 0.15) is 5.01 Å². The predicted octanol–water partition coefficient (Wildman–Crippen LogP) is 2.43. The van der Waals surface area contributed by atoms with Crippen LogP contribution in [0.5, 0.6) is 0 Å². The summed E-state index contributed by atoms with van der Waals surface area (Å²) in [5.74, 6) is 0. The highest BCUT2D eigenvalue weighted by Gasteiger charge is 2.16. The summed E-state index contributed by atoms with van der Waals surface area (Å²) < 4.78 is 0. The van der Waals surface area contributed by atoms with Gasteiger partial charge in [-0.1, -0.05) is 13.8 Å². The first-order valence-corrected chi connectivity index (χ1v) is 6.85. The van der Waals surface area contributed by atoms with Crippen LogP contribution in [0, 0.1) is 6.92 Å². The molecule has 0 spiro atoms. The van der Waals surface area contributed by atoms with Crippen molar-refractivity contribution in [3.63, 3.8) is 0 Å². The van der Waals surface area contributed by atoms with E-state index in [1.54, 1.807) is 11.3 Å². The monoisotopic (exact) mass is 242 g/mol. The lowest BCUT2D eigenvalue weighted by Gasteiger charge is -2.28. The standard InChI is InChI=1S/C12H22N2OS/c1-4-11(5-2)14(6-7-15)8-12-13-10(3)9-16-12/h9,11,15H,4-8H2,1-3H3. The highest BCUT2D eigenvalue weighted by molar-refractivity contribution is 7.09. The van der Waals surface area contributed by atoms with Crippen LogP contribution in [-0.2, 0) is 6.54 Å². The van der Waals surface area contributed by atoms with Crippen molar-refractivity contribution in [2.45, 2.75) is 46.2 Å². The minimum atomic E-state index is 0.223. The zero-order chi connectivity index (χ0) is 12.0. The number of aromatic nitrogens is 1. The van der Waals surface area contributed by atoms with Gasteiger partial charge in [-0.05, 0) is 19.8 Å². The molecule has 0 radical (unpaired) electrons. The van der Waals surface area contributed by atoms with Crippen LogP contribution in [0.1, 0.15) is 37.4 Å². The lowest BCUT2D eigenvalue weighted by molar-refractivity contribution is 0.136. The van der Waals surface area contributed by atoms with E-state index in [9.17, 15) is 0 Å². The Bertz CT molecular complexity index is 297. The lowest BCUT2D eigenvalue weighted by Crippen LogP contribution is -2.36. The van der Waals surface area contributed by atoms with Gasteiger partial charge in [0.25, 0.3) is 0 Å². The Morgan fingerprint density at radius 2 is 2.12 bits per heavy atom. The topological polar surface area (TPSA) is 36.4 Å². The van der Waals surface area contributed by atoms with E-state index < -0.39 is 0 Å². The maximum Gasteiger partial charge on any atom is 0.107 e. The van der Waals surface area contributed by atoms with Crippen LogP contribution < -0.4 is 0 Å². The van der Waals surface area contributed by atoms with Gasteiger partial charge in [0.05, 0.1) is 13.2 Å². The van der Waals surface area contributed by atoms with E-state index in [-0.39, 0.29) is 6.61 Å². The van der Waals surface area contributed by atoms with Crippen molar-refractivity contribution >= 4 is 11.3 Å². The van der Waals surface area contributed by atoms with Crippen molar-refractivity contribution in [2.24, 2.45) is 0 Å². The summed E-state index contributed by atoms with van der Waals surface area (Å²) in [7, 11) is 0. The second kappa shape index (κ2) is 6.99. The Labute approximate surface area is 102 Å². The molecule has 0 aliphatic carbocycles. The molecule has 0 bridgehead atoms. The Morgan fingerprint density at radius 1 is 1.44 bits per heavy atom. The van der Waals surface area contributed by atoms with E-state index >= 15 is 0 Å². The van der Waals surface area contributed by atoms with Crippen molar-refractivity contribution in [3.8, 4) is 0 Å². The summed E-state index contributed by atoms with van der Waals surface area (Å²) in [6.07, 6.45) is 2.25. The van der Waals surface area contributed by atoms with Gasteiger partial charge in [-0.3, -0.25) is 4.90 Å². The predicted molar refractivity (Wildman–Crippen MR) is 68.7 cm³/mol. The zero-order valence-electron chi connectivity index (χ0n) is 10.4. The number of aryl methyl sites for hydroxylation is 1.